The number of allylic oxidation sites excluding steroid dienone is 1. The number of amides is 5. The van der Waals surface area contributed by atoms with Crippen LogP contribution >= 0.6 is 0 Å². The van der Waals surface area contributed by atoms with Gasteiger partial charge < -0.3 is 25.5 Å². The molecule has 2 fully saturated rings. The largest absolute Gasteiger partial charge is 0.508 e. The average Bonchev–Trinajstić information content (AvgIpc) is 3.14. The molecule has 3 N–H and O–H groups in total. The lowest BCUT2D eigenvalue weighted by atomic mass is 9.97. The molecule has 0 saturated carbocycles. The number of hydrazine groups is 1. The number of urea groups is 1. The Morgan fingerprint density at radius 2 is 1.71 bits per heavy atom. The van der Waals surface area contributed by atoms with Gasteiger partial charge in [0, 0.05) is 38.2 Å². The SMILES string of the molecule is C=CCN1CC(=O)N2C(Cc3ccc(O)cc3)C(=O)N(Cc3cccc(C(=O)NCCC4=CCCCC4)c3)C[C@@H]2N1C(=O)NCc1ccccc1. The van der Waals surface area contributed by atoms with Crippen LogP contribution in [0.25, 0.3) is 0 Å². The molecule has 1 aliphatic carbocycles. The van der Waals surface area contributed by atoms with Crippen LogP contribution in [0.15, 0.2) is 103 Å². The Kier molecular flexibility index (Phi) is 11.5. The second-order valence-corrected chi connectivity index (χ2v) is 13.3. The van der Waals surface area contributed by atoms with Crippen LogP contribution in [0, 0.1) is 0 Å². The molecule has 0 aromatic heterocycles. The molecule has 6 rings (SSSR count). The molecule has 1 unspecified atom stereocenters. The minimum atomic E-state index is -0.906. The Hall–Kier alpha value is -5.42. The van der Waals surface area contributed by atoms with Gasteiger partial charge in [-0.25, -0.2) is 14.8 Å². The summed E-state index contributed by atoms with van der Waals surface area (Å²) in [5, 5.41) is 19.1. The second kappa shape index (κ2) is 16.5. The predicted molar refractivity (Wildman–Crippen MR) is 194 cm³/mol. The van der Waals surface area contributed by atoms with Crippen LogP contribution in [-0.4, -0.2) is 87.1 Å². The molecular formula is C40H46N6O5. The molecule has 2 aliphatic heterocycles. The van der Waals surface area contributed by atoms with E-state index in [1.807, 2.05) is 42.5 Å². The molecule has 3 aromatic carbocycles. The lowest BCUT2D eigenvalue weighted by Gasteiger charge is -2.55. The number of aromatic hydroxyl groups is 1. The molecule has 2 heterocycles. The molecule has 3 aliphatic rings. The van der Waals surface area contributed by atoms with Crippen molar-refractivity contribution in [3.63, 3.8) is 0 Å². The van der Waals surface area contributed by atoms with Crippen LogP contribution in [0.2, 0.25) is 0 Å². The van der Waals surface area contributed by atoms with E-state index in [-0.39, 0.29) is 62.6 Å². The molecule has 5 amide bonds. The number of rotatable bonds is 12. The average molecular weight is 691 g/mol. The third-order valence-corrected chi connectivity index (χ3v) is 9.71. The summed E-state index contributed by atoms with van der Waals surface area (Å²) in [7, 11) is 0. The van der Waals surface area contributed by atoms with E-state index in [2.05, 4.69) is 23.3 Å². The Labute approximate surface area is 299 Å². The van der Waals surface area contributed by atoms with Crippen molar-refractivity contribution in [1.82, 2.24) is 30.5 Å². The van der Waals surface area contributed by atoms with Gasteiger partial charge in [0.25, 0.3) is 5.91 Å². The summed E-state index contributed by atoms with van der Waals surface area (Å²) in [6.45, 7) is 5.09. The molecular weight excluding hydrogens is 644 g/mol. The number of hydrogen-bond acceptors (Lipinski definition) is 6. The first kappa shape index (κ1) is 35.4. The summed E-state index contributed by atoms with van der Waals surface area (Å²) in [5.74, 6) is -0.606. The number of hydrogen-bond donors (Lipinski definition) is 3. The lowest BCUT2D eigenvalue weighted by Crippen LogP contribution is -2.76. The fourth-order valence-electron chi connectivity index (χ4n) is 7.16. The van der Waals surface area contributed by atoms with Crippen LogP contribution in [0.4, 0.5) is 4.79 Å². The Bertz CT molecular complexity index is 1760. The third-order valence-electron chi connectivity index (χ3n) is 9.71. The van der Waals surface area contributed by atoms with Crippen LogP contribution < -0.4 is 10.6 Å². The highest BCUT2D eigenvalue weighted by atomic mass is 16.3. The van der Waals surface area contributed by atoms with E-state index in [4.69, 9.17) is 0 Å². The van der Waals surface area contributed by atoms with Crippen LogP contribution in [-0.2, 0) is 29.1 Å². The number of nitrogens with zero attached hydrogens (tertiary/aromatic N) is 4. The maximum Gasteiger partial charge on any atom is 0.334 e. The van der Waals surface area contributed by atoms with Gasteiger partial charge in [-0.1, -0.05) is 72.3 Å². The van der Waals surface area contributed by atoms with Crippen molar-refractivity contribution in [3.05, 3.63) is 125 Å². The van der Waals surface area contributed by atoms with Crippen molar-refractivity contribution in [2.45, 2.75) is 63.8 Å². The summed E-state index contributed by atoms with van der Waals surface area (Å²) in [4.78, 5) is 58.6. The van der Waals surface area contributed by atoms with Gasteiger partial charge in [0.15, 0.2) is 0 Å². The van der Waals surface area contributed by atoms with Crippen molar-refractivity contribution in [3.8, 4) is 5.75 Å². The monoisotopic (exact) mass is 690 g/mol. The topological polar surface area (TPSA) is 126 Å². The predicted octanol–water partition coefficient (Wildman–Crippen LogP) is 4.75. The summed E-state index contributed by atoms with van der Waals surface area (Å²) in [6, 6.07) is 22.0. The van der Waals surface area contributed by atoms with Gasteiger partial charge in [0.05, 0.1) is 13.1 Å². The van der Waals surface area contributed by atoms with E-state index in [0.717, 1.165) is 36.0 Å². The van der Waals surface area contributed by atoms with E-state index in [0.29, 0.717) is 12.1 Å². The highest BCUT2D eigenvalue weighted by molar-refractivity contribution is 5.94. The molecule has 266 valence electrons. The van der Waals surface area contributed by atoms with Crippen LogP contribution in [0.3, 0.4) is 0 Å². The minimum absolute atomic E-state index is 0.0641. The van der Waals surface area contributed by atoms with Crippen molar-refractivity contribution < 1.29 is 24.3 Å². The number of fused-ring (bicyclic) bond motifs is 1. The standard InChI is InChI=1S/C40H46N6O5/c1-2-22-44-28-37(48)45-35(24-30-16-18-34(47)19-17-30)39(50)43(27-36(45)46(44)40(51)42-25-31-12-7-4-8-13-31)26-32-14-9-15-33(23-32)38(49)41-21-20-29-10-5-3-6-11-29/h2,4,7-10,12-19,23,35-36,47H,1,3,5-6,11,20-22,24-28H2,(H,41,49)(H,42,51)/t35?,36-/m0/s1. The van der Waals surface area contributed by atoms with Crippen molar-refractivity contribution in [2.24, 2.45) is 0 Å². The first-order valence-corrected chi connectivity index (χ1v) is 17.7. The Morgan fingerprint density at radius 1 is 0.922 bits per heavy atom. The molecule has 0 bridgehead atoms. The van der Waals surface area contributed by atoms with E-state index in [9.17, 15) is 24.3 Å². The number of phenols is 1. The number of piperazine rings is 1. The summed E-state index contributed by atoms with van der Waals surface area (Å²) >= 11 is 0. The van der Waals surface area contributed by atoms with Crippen molar-refractivity contribution >= 4 is 23.8 Å². The first-order chi connectivity index (χ1) is 24.8. The highest BCUT2D eigenvalue weighted by Gasteiger charge is 2.51. The molecule has 51 heavy (non-hydrogen) atoms. The van der Waals surface area contributed by atoms with Gasteiger partial charge in [-0.3, -0.25) is 14.4 Å². The normalized spacial score (nSPS) is 19.3. The maximum atomic E-state index is 14.4. The zero-order valence-corrected chi connectivity index (χ0v) is 28.9. The fraction of sp³-hybridized carbons (Fsp3) is 0.350. The van der Waals surface area contributed by atoms with Gasteiger partial charge in [-0.05, 0) is 73.1 Å². The number of nitrogens with one attached hydrogen (secondary N) is 2. The zero-order chi connectivity index (χ0) is 35.7. The van der Waals surface area contributed by atoms with Gasteiger partial charge in [-0.15, -0.1) is 6.58 Å². The Morgan fingerprint density at radius 3 is 2.45 bits per heavy atom. The summed E-state index contributed by atoms with van der Waals surface area (Å²) < 4.78 is 0. The lowest BCUT2D eigenvalue weighted by molar-refractivity contribution is -0.189. The van der Waals surface area contributed by atoms with E-state index < -0.39 is 18.2 Å². The van der Waals surface area contributed by atoms with Gasteiger partial charge in [0.1, 0.15) is 18.0 Å². The fourth-order valence-corrected chi connectivity index (χ4v) is 7.16. The summed E-state index contributed by atoms with van der Waals surface area (Å²) in [5.41, 5.74) is 4.34. The smallest absolute Gasteiger partial charge is 0.334 e. The van der Waals surface area contributed by atoms with E-state index in [1.165, 1.54) is 18.4 Å². The van der Waals surface area contributed by atoms with Crippen molar-refractivity contribution in [2.75, 3.05) is 26.2 Å². The molecule has 0 radical (unpaired) electrons. The highest BCUT2D eigenvalue weighted by Crippen LogP contribution is 2.30. The number of carbonyl (C=O) groups excluding carboxylic acids is 4. The third kappa shape index (κ3) is 8.67. The summed E-state index contributed by atoms with van der Waals surface area (Å²) in [6.07, 6.45) is 8.76. The van der Waals surface area contributed by atoms with Gasteiger partial charge in [0.2, 0.25) is 11.8 Å². The molecule has 11 heteroatoms. The minimum Gasteiger partial charge on any atom is -0.508 e. The van der Waals surface area contributed by atoms with Gasteiger partial charge >= 0.3 is 6.03 Å². The number of carbonyl (C=O) groups is 4. The molecule has 11 nitrogen and oxygen atoms in total. The zero-order valence-electron chi connectivity index (χ0n) is 28.9. The first-order valence-electron chi connectivity index (χ1n) is 17.7. The molecule has 0 spiro atoms. The van der Waals surface area contributed by atoms with Gasteiger partial charge in [-0.2, -0.15) is 0 Å². The Balaban J connectivity index is 1.25. The number of phenolic OH excluding ortho intramolecular Hbond substituents is 1. The van der Waals surface area contributed by atoms with Crippen molar-refractivity contribution in [1.29, 1.82) is 0 Å². The molecule has 2 saturated heterocycles. The second-order valence-electron chi connectivity index (χ2n) is 13.3. The maximum absolute atomic E-state index is 14.4. The number of benzene rings is 3. The van der Waals surface area contributed by atoms with E-state index in [1.54, 1.807) is 62.3 Å². The van der Waals surface area contributed by atoms with E-state index >= 15 is 0 Å². The molecule has 3 aromatic rings. The quantitative estimate of drug-likeness (QED) is 0.236. The van der Waals surface area contributed by atoms with Crippen LogP contribution in [0.5, 0.6) is 5.75 Å². The van der Waals surface area contributed by atoms with Crippen LogP contribution in [0.1, 0.15) is 59.2 Å². The molecule has 2 atom stereocenters.